The second-order valence-corrected chi connectivity index (χ2v) is 10.8. The number of nitrogens with one attached hydrogen (secondary N) is 1. The van der Waals surface area contributed by atoms with E-state index in [0.717, 1.165) is 36.8 Å². The summed E-state index contributed by atoms with van der Waals surface area (Å²) >= 11 is 1.52. The number of hydrogen-bond donors (Lipinski definition) is 1. The van der Waals surface area contributed by atoms with Crippen LogP contribution < -0.4 is 5.32 Å². The van der Waals surface area contributed by atoms with E-state index in [2.05, 4.69) is 17.4 Å². The Balaban J connectivity index is 1.57. The summed E-state index contributed by atoms with van der Waals surface area (Å²) in [5.41, 5.74) is 3.70. The predicted octanol–water partition coefficient (Wildman–Crippen LogP) is 6.07. The summed E-state index contributed by atoms with van der Waals surface area (Å²) in [5, 5.41) is 3.19. The van der Waals surface area contributed by atoms with Gasteiger partial charge in [0, 0.05) is 30.3 Å². The lowest BCUT2D eigenvalue weighted by Crippen LogP contribution is -2.52. The van der Waals surface area contributed by atoms with Gasteiger partial charge in [0.05, 0.1) is 5.75 Å². The number of halogens is 1. The molecule has 0 bridgehead atoms. The van der Waals surface area contributed by atoms with Crippen molar-refractivity contribution in [1.29, 1.82) is 0 Å². The topological polar surface area (TPSA) is 49.4 Å². The van der Waals surface area contributed by atoms with Gasteiger partial charge < -0.3 is 10.2 Å². The van der Waals surface area contributed by atoms with Gasteiger partial charge in [-0.3, -0.25) is 9.59 Å². The van der Waals surface area contributed by atoms with Crippen molar-refractivity contribution in [2.24, 2.45) is 0 Å². The summed E-state index contributed by atoms with van der Waals surface area (Å²) in [7, 11) is 0. The number of nitrogens with zero attached hydrogens (tertiary/aromatic N) is 1. The fraction of sp³-hybridized carbons (Fsp3) is 0.355. The van der Waals surface area contributed by atoms with Crippen LogP contribution in [0.4, 0.5) is 4.39 Å². The largest absolute Gasteiger partial charge is 0.352 e. The van der Waals surface area contributed by atoms with Crippen molar-refractivity contribution in [3.63, 3.8) is 0 Å². The van der Waals surface area contributed by atoms with Crippen LogP contribution in [0.15, 0.2) is 78.9 Å². The van der Waals surface area contributed by atoms with Crippen molar-refractivity contribution >= 4 is 23.6 Å². The molecule has 1 aliphatic rings. The van der Waals surface area contributed by atoms with Crippen molar-refractivity contribution in [2.45, 2.75) is 63.4 Å². The Morgan fingerprint density at radius 2 is 1.68 bits per heavy atom. The zero-order valence-corrected chi connectivity index (χ0v) is 22.2. The van der Waals surface area contributed by atoms with Gasteiger partial charge in [-0.15, -0.1) is 11.8 Å². The van der Waals surface area contributed by atoms with E-state index in [1.165, 1.54) is 23.4 Å². The molecule has 4 rings (SSSR count). The number of aryl methyl sites for hydroxylation is 1. The summed E-state index contributed by atoms with van der Waals surface area (Å²) in [4.78, 5) is 28.9. The number of carbonyl (C=O) groups is 2. The van der Waals surface area contributed by atoms with Gasteiger partial charge in [-0.2, -0.15) is 0 Å². The Bertz CT molecular complexity index is 1180. The summed E-state index contributed by atoms with van der Waals surface area (Å²) < 4.78 is 14.7. The molecule has 4 nitrogen and oxygen atoms in total. The van der Waals surface area contributed by atoms with Gasteiger partial charge in [0.1, 0.15) is 11.9 Å². The number of rotatable bonds is 11. The molecule has 6 heteroatoms. The molecular weight excluding hydrogens is 483 g/mol. The highest BCUT2D eigenvalue weighted by molar-refractivity contribution is 7.99. The summed E-state index contributed by atoms with van der Waals surface area (Å²) in [6.45, 7) is 2.10. The molecule has 3 aromatic rings. The zero-order chi connectivity index (χ0) is 26.0. The van der Waals surface area contributed by atoms with Gasteiger partial charge in [-0.25, -0.2) is 4.39 Å². The Kier molecular flexibility index (Phi) is 9.78. The van der Waals surface area contributed by atoms with Gasteiger partial charge in [-0.1, -0.05) is 91.2 Å². The van der Waals surface area contributed by atoms with Crippen LogP contribution in [-0.4, -0.2) is 34.6 Å². The normalized spacial score (nSPS) is 14.3. The van der Waals surface area contributed by atoms with Crippen LogP contribution >= 0.6 is 11.8 Å². The van der Waals surface area contributed by atoms with Gasteiger partial charge in [-0.05, 0) is 37.0 Å². The molecule has 1 saturated carbocycles. The lowest BCUT2D eigenvalue weighted by atomic mass is 10.0. The fourth-order valence-corrected chi connectivity index (χ4v) is 5.73. The van der Waals surface area contributed by atoms with Crippen molar-refractivity contribution in [3.05, 3.63) is 107 Å². The average Bonchev–Trinajstić information content (AvgIpc) is 3.41. The van der Waals surface area contributed by atoms with E-state index in [9.17, 15) is 14.0 Å². The minimum absolute atomic E-state index is 0.0477. The van der Waals surface area contributed by atoms with Crippen molar-refractivity contribution in [3.8, 4) is 0 Å². The first-order valence-corrected chi connectivity index (χ1v) is 14.2. The smallest absolute Gasteiger partial charge is 0.243 e. The summed E-state index contributed by atoms with van der Waals surface area (Å²) in [5.74, 6) is 0.207. The Morgan fingerprint density at radius 3 is 2.41 bits per heavy atom. The molecular formula is C31H35FN2O2S. The molecule has 0 aliphatic heterocycles. The molecule has 194 valence electrons. The molecule has 0 spiro atoms. The van der Waals surface area contributed by atoms with Crippen molar-refractivity contribution in [1.82, 2.24) is 10.2 Å². The van der Waals surface area contributed by atoms with Crippen LogP contribution in [0.25, 0.3) is 0 Å². The molecule has 0 aromatic heterocycles. The van der Waals surface area contributed by atoms with Crippen LogP contribution in [0.1, 0.15) is 47.9 Å². The molecule has 1 fully saturated rings. The van der Waals surface area contributed by atoms with Gasteiger partial charge >= 0.3 is 0 Å². The van der Waals surface area contributed by atoms with Crippen LogP contribution in [0.5, 0.6) is 0 Å². The number of hydrogen-bond acceptors (Lipinski definition) is 3. The van der Waals surface area contributed by atoms with E-state index in [4.69, 9.17) is 0 Å². The SMILES string of the molecule is Cc1cccc(CSCC(=O)N(Cc2ccccc2F)[C@@H](Cc2ccccc2)C(=O)NC2CCCC2)c1. The van der Waals surface area contributed by atoms with Gasteiger partial charge in [0.25, 0.3) is 0 Å². The molecule has 3 aromatic carbocycles. The lowest BCUT2D eigenvalue weighted by Gasteiger charge is -2.32. The summed E-state index contributed by atoms with van der Waals surface area (Å²) in [6, 6.07) is 23.8. The van der Waals surface area contributed by atoms with Gasteiger partial charge in [0.2, 0.25) is 11.8 Å². The lowest BCUT2D eigenvalue weighted by molar-refractivity contribution is -0.139. The Morgan fingerprint density at radius 1 is 0.973 bits per heavy atom. The Hall–Kier alpha value is -3.12. The standard InChI is InChI=1S/C31H35FN2O2S/c1-23-10-9-13-25(18-23)21-37-22-30(35)34(20-26-14-5-8-17-28(26)32)29(19-24-11-3-2-4-12-24)31(36)33-27-15-6-7-16-27/h2-5,8-14,17-18,27,29H,6-7,15-16,19-22H2,1H3,(H,33,36)/t29-/m0/s1. The third-order valence-corrected chi connectivity index (χ3v) is 7.84. The fourth-order valence-electron chi connectivity index (χ4n) is 4.87. The number of benzene rings is 3. The van der Waals surface area contributed by atoms with E-state index >= 15 is 0 Å². The maximum Gasteiger partial charge on any atom is 0.243 e. The second kappa shape index (κ2) is 13.4. The second-order valence-electron chi connectivity index (χ2n) is 9.79. The molecule has 1 N–H and O–H groups in total. The molecule has 0 heterocycles. The number of thioether (sulfide) groups is 1. The van der Waals surface area contributed by atoms with Crippen LogP contribution in [0, 0.1) is 12.7 Å². The van der Waals surface area contributed by atoms with E-state index < -0.39 is 6.04 Å². The number of carbonyl (C=O) groups excluding carboxylic acids is 2. The molecule has 1 atom stereocenters. The molecule has 2 amide bonds. The highest BCUT2D eigenvalue weighted by Crippen LogP contribution is 2.22. The molecule has 1 aliphatic carbocycles. The monoisotopic (exact) mass is 518 g/mol. The molecule has 0 radical (unpaired) electrons. The predicted molar refractivity (Wildman–Crippen MR) is 149 cm³/mol. The highest BCUT2D eigenvalue weighted by Gasteiger charge is 2.32. The van der Waals surface area contributed by atoms with E-state index in [1.54, 1.807) is 23.1 Å². The van der Waals surface area contributed by atoms with Crippen LogP contribution in [0.2, 0.25) is 0 Å². The van der Waals surface area contributed by atoms with Crippen LogP contribution in [0.3, 0.4) is 0 Å². The minimum Gasteiger partial charge on any atom is -0.352 e. The third-order valence-electron chi connectivity index (χ3n) is 6.85. The van der Waals surface area contributed by atoms with E-state index in [0.29, 0.717) is 17.7 Å². The zero-order valence-electron chi connectivity index (χ0n) is 21.4. The first-order valence-electron chi connectivity index (χ1n) is 13.0. The van der Waals surface area contributed by atoms with E-state index in [-0.39, 0.29) is 36.0 Å². The highest BCUT2D eigenvalue weighted by atomic mass is 32.2. The third kappa shape index (κ3) is 7.93. The van der Waals surface area contributed by atoms with Crippen molar-refractivity contribution in [2.75, 3.05) is 5.75 Å². The molecule has 0 unspecified atom stereocenters. The number of amides is 2. The maximum absolute atomic E-state index is 14.7. The quantitative estimate of drug-likeness (QED) is 0.335. The molecule has 0 saturated heterocycles. The summed E-state index contributed by atoms with van der Waals surface area (Å²) in [6.07, 6.45) is 4.49. The van der Waals surface area contributed by atoms with E-state index in [1.807, 2.05) is 49.4 Å². The van der Waals surface area contributed by atoms with Crippen LogP contribution in [-0.2, 0) is 28.3 Å². The first kappa shape index (κ1) is 26.9. The van der Waals surface area contributed by atoms with Gasteiger partial charge in [0.15, 0.2) is 0 Å². The first-order chi connectivity index (χ1) is 18.0. The average molecular weight is 519 g/mol. The minimum atomic E-state index is -0.727. The maximum atomic E-state index is 14.7. The molecule has 37 heavy (non-hydrogen) atoms. The Labute approximate surface area is 223 Å². The van der Waals surface area contributed by atoms with Crippen molar-refractivity contribution < 1.29 is 14.0 Å².